The Bertz CT molecular complexity index is 1120. The number of carbonyl (C=O) groups is 2. The fourth-order valence-corrected chi connectivity index (χ4v) is 3.45. The first-order chi connectivity index (χ1) is 14.2. The van der Waals surface area contributed by atoms with E-state index in [1.165, 1.54) is 11.3 Å². The molecule has 7 heteroatoms. The van der Waals surface area contributed by atoms with Crippen molar-refractivity contribution in [1.82, 2.24) is 15.1 Å². The maximum absolute atomic E-state index is 12.7. The first-order valence-electron chi connectivity index (χ1n) is 9.02. The number of carbonyl (C=O) groups excluding carboxylic acids is 2. The van der Waals surface area contributed by atoms with E-state index in [0.29, 0.717) is 22.7 Å². The molecule has 2 aromatic carbocycles. The van der Waals surface area contributed by atoms with Crippen molar-refractivity contribution in [2.75, 3.05) is 5.32 Å². The van der Waals surface area contributed by atoms with Crippen molar-refractivity contribution in [3.05, 3.63) is 101 Å². The molecule has 0 aliphatic carbocycles. The van der Waals surface area contributed by atoms with Crippen LogP contribution < -0.4 is 10.6 Å². The van der Waals surface area contributed by atoms with Crippen LogP contribution in [0.4, 0.5) is 5.69 Å². The SMILES string of the molecule is O=C(Nc1ccccc1C(=O)NCc1cnn(-c2ccccc2)c1)c1cccs1. The van der Waals surface area contributed by atoms with Crippen molar-refractivity contribution in [3.8, 4) is 5.69 Å². The second-order valence-electron chi connectivity index (χ2n) is 6.29. The molecule has 0 atom stereocenters. The lowest BCUT2D eigenvalue weighted by atomic mass is 10.1. The van der Waals surface area contributed by atoms with Crippen LogP contribution in [-0.2, 0) is 6.54 Å². The minimum absolute atomic E-state index is 0.232. The molecule has 0 fully saturated rings. The molecular formula is C22H18N4O2S. The lowest BCUT2D eigenvalue weighted by Gasteiger charge is -2.10. The number of benzene rings is 2. The van der Waals surface area contributed by atoms with E-state index in [0.717, 1.165) is 11.3 Å². The fourth-order valence-electron chi connectivity index (χ4n) is 2.83. The van der Waals surface area contributed by atoms with E-state index in [2.05, 4.69) is 15.7 Å². The predicted molar refractivity (Wildman–Crippen MR) is 113 cm³/mol. The fraction of sp³-hybridized carbons (Fsp3) is 0.0455. The molecule has 4 rings (SSSR count). The topological polar surface area (TPSA) is 76.0 Å². The van der Waals surface area contributed by atoms with Crippen molar-refractivity contribution in [1.29, 1.82) is 0 Å². The van der Waals surface area contributed by atoms with Gasteiger partial charge in [0.2, 0.25) is 0 Å². The average molecular weight is 402 g/mol. The van der Waals surface area contributed by atoms with Crippen molar-refractivity contribution in [2.45, 2.75) is 6.54 Å². The third-order valence-corrected chi connectivity index (χ3v) is 5.14. The van der Waals surface area contributed by atoms with Crippen LogP contribution in [-0.4, -0.2) is 21.6 Å². The molecule has 6 nitrogen and oxygen atoms in total. The van der Waals surface area contributed by atoms with E-state index in [1.807, 2.05) is 48.0 Å². The summed E-state index contributed by atoms with van der Waals surface area (Å²) in [5.41, 5.74) is 2.71. The molecule has 0 saturated heterocycles. The maximum Gasteiger partial charge on any atom is 0.265 e. The Hall–Kier alpha value is -3.71. The summed E-state index contributed by atoms with van der Waals surface area (Å²) in [5.74, 6) is -0.496. The maximum atomic E-state index is 12.7. The molecule has 4 aromatic rings. The minimum Gasteiger partial charge on any atom is -0.348 e. The number of nitrogens with one attached hydrogen (secondary N) is 2. The van der Waals surface area contributed by atoms with Crippen LogP contribution in [0.2, 0.25) is 0 Å². The van der Waals surface area contributed by atoms with Gasteiger partial charge in [0.1, 0.15) is 0 Å². The number of para-hydroxylation sites is 2. The number of anilines is 1. The molecule has 0 unspecified atom stereocenters. The van der Waals surface area contributed by atoms with Crippen molar-refractivity contribution in [3.63, 3.8) is 0 Å². The smallest absolute Gasteiger partial charge is 0.265 e. The van der Waals surface area contributed by atoms with Crippen LogP contribution in [0.3, 0.4) is 0 Å². The van der Waals surface area contributed by atoms with Crippen molar-refractivity contribution in [2.24, 2.45) is 0 Å². The van der Waals surface area contributed by atoms with Gasteiger partial charge in [-0.05, 0) is 35.7 Å². The van der Waals surface area contributed by atoms with Crippen LogP contribution in [0.5, 0.6) is 0 Å². The van der Waals surface area contributed by atoms with Gasteiger partial charge in [0.15, 0.2) is 0 Å². The van der Waals surface area contributed by atoms with Gasteiger partial charge in [-0.15, -0.1) is 11.3 Å². The monoisotopic (exact) mass is 402 g/mol. The molecule has 0 radical (unpaired) electrons. The van der Waals surface area contributed by atoms with E-state index in [1.54, 1.807) is 41.2 Å². The molecule has 2 aromatic heterocycles. The molecule has 0 aliphatic heterocycles. The van der Waals surface area contributed by atoms with E-state index in [9.17, 15) is 9.59 Å². The summed E-state index contributed by atoms with van der Waals surface area (Å²) < 4.78 is 1.76. The van der Waals surface area contributed by atoms with Crippen LogP contribution in [0, 0.1) is 0 Å². The highest BCUT2D eigenvalue weighted by atomic mass is 32.1. The molecule has 2 heterocycles. The van der Waals surface area contributed by atoms with Gasteiger partial charge in [-0.3, -0.25) is 9.59 Å². The van der Waals surface area contributed by atoms with Crippen molar-refractivity contribution >= 4 is 28.8 Å². The van der Waals surface area contributed by atoms with Gasteiger partial charge in [-0.2, -0.15) is 5.10 Å². The number of thiophene rings is 1. The first kappa shape index (κ1) is 18.6. The van der Waals surface area contributed by atoms with Gasteiger partial charge in [0.25, 0.3) is 11.8 Å². The number of amides is 2. The Morgan fingerprint density at radius 3 is 2.52 bits per heavy atom. The highest BCUT2D eigenvalue weighted by molar-refractivity contribution is 7.12. The molecule has 29 heavy (non-hydrogen) atoms. The van der Waals surface area contributed by atoms with E-state index < -0.39 is 0 Å². The lowest BCUT2D eigenvalue weighted by molar-refractivity contribution is 0.0952. The van der Waals surface area contributed by atoms with Crippen LogP contribution in [0.25, 0.3) is 5.69 Å². The van der Waals surface area contributed by atoms with Gasteiger partial charge < -0.3 is 10.6 Å². The summed E-state index contributed by atoms with van der Waals surface area (Å²) in [7, 11) is 0. The molecule has 0 bridgehead atoms. The summed E-state index contributed by atoms with van der Waals surface area (Å²) in [6, 6.07) is 20.3. The Kier molecular flexibility index (Phi) is 5.49. The first-order valence-corrected chi connectivity index (χ1v) is 9.90. The zero-order valence-electron chi connectivity index (χ0n) is 15.4. The van der Waals surface area contributed by atoms with E-state index in [-0.39, 0.29) is 11.8 Å². The molecule has 2 amide bonds. The van der Waals surface area contributed by atoms with Crippen LogP contribution >= 0.6 is 11.3 Å². The highest BCUT2D eigenvalue weighted by Crippen LogP contribution is 2.18. The number of rotatable bonds is 6. The number of nitrogens with zero attached hydrogens (tertiary/aromatic N) is 2. The van der Waals surface area contributed by atoms with Crippen LogP contribution in [0.1, 0.15) is 25.6 Å². The third kappa shape index (κ3) is 4.41. The van der Waals surface area contributed by atoms with E-state index >= 15 is 0 Å². The summed E-state index contributed by atoms with van der Waals surface area (Å²) in [6.07, 6.45) is 3.60. The second kappa shape index (κ2) is 8.53. The number of aromatic nitrogens is 2. The van der Waals surface area contributed by atoms with Gasteiger partial charge in [0, 0.05) is 18.3 Å². The van der Waals surface area contributed by atoms with Gasteiger partial charge >= 0.3 is 0 Å². The zero-order valence-corrected chi connectivity index (χ0v) is 16.2. The summed E-state index contributed by atoms with van der Waals surface area (Å²) in [5, 5.41) is 11.9. The summed E-state index contributed by atoms with van der Waals surface area (Å²) in [4.78, 5) is 25.6. The average Bonchev–Trinajstić information content (AvgIpc) is 3.45. The number of hydrogen-bond donors (Lipinski definition) is 2. The molecule has 2 N–H and O–H groups in total. The Labute approximate surface area is 171 Å². The zero-order chi connectivity index (χ0) is 20.1. The number of hydrogen-bond acceptors (Lipinski definition) is 4. The van der Waals surface area contributed by atoms with Gasteiger partial charge in [-0.25, -0.2) is 4.68 Å². The highest BCUT2D eigenvalue weighted by Gasteiger charge is 2.14. The van der Waals surface area contributed by atoms with E-state index in [4.69, 9.17) is 0 Å². The largest absolute Gasteiger partial charge is 0.348 e. The Balaban J connectivity index is 1.43. The Morgan fingerprint density at radius 1 is 0.931 bits per heavy atom. The van der Waals surface area contributed by atoms with Gasteiger partial charge in [0.05, 0.1) is 28.0 Å². The van der Waals surface area contributed by atoms with Gasteiger partial charge in [-0.1, -0.05) is 36.4 Å². The second-order valence-corrected chi connectivity index (χ2v) is 7.24. The summed E-state index contributed by atoms with van der Waals surface area (Å²) in [6.45, 7) is 0.332. The van der Waals surface area contributed by atoms with Crippen LogP contribution in [0.15, 0.2) is 84.5 Å². The predicted octanol–water partition coefficient (Wildman–Crippen LogP) is 4.12. The molecule has 144 valence electrons. The normalized spacial score (nSPS) is 10.5. The quantitative estimate of drug-likeness (QED) is 0.509. The molecule has 0 aliphatic rings. The minimum atomic E-state index is -0.264. The lowest BCUT2D eigenvalue weighted by Crippen LogP contribution is -2.24. The summed E-state index contributed by atoms with van der Waals surface area (Å²) >= 11 is 1.35. The Morgan fingerprint density at radius 2 is 1.72 bits per heavy atom. The molecule has 0 saturated carbocycles. The van der Waals surface area contributed by atoms with Crippen molar-refractivity contribution < 1.29 is 9.59 Å². The molecule has 0 spiro atoms. The third-order valence-electron chi connectivity index (χ3n) is 4.27. The molecular weight excluding hydrogens is 384 g/mol. The standard InChI is InChI=1S/C22H18N4O2S/c27-21(23-13-16-14-24-26(15-16)17-7-2-1-3-8-17)18-9-4-5-10-19(18)25-22(28)20-11-6-12-29-20/h1-12,14-15H,13H2,(H,23,27)(H,25,28).